The van der Waals surface area contributed by atoms with Crippen molar-refractivity contribution in [2.75, 3.05) is 11.9 Å². The van der Waals surface area contributed by atoms with Crippen molar-refractivity contribution in [3.8, 4) is 11.3 Å². The summed E-state index contributed by atoms with van der Waals surface area (Å²) >= 11 is 5.77. The smallest absolute Gasteiger partial charge is 0.320 e. The van der Waals surface area contributed by atoms with Gasteiger partial charge in [0.2, 0.25) is 0 Å². The number of rotatable bonds is 2. The van der Waals surface area contributed by atoms with Gasteiger partial charge in [-0.3, -0.25) is 5.10 Å². The number of amides is 2. The standard InChI is InChI=1S/C19H16ClFN4O/c20-15-10-13(6-7-16(15)21)22-19(26)25-9-8-17-14(11-25)18(24-23-17)12-4-2-1-3-5-12/h1-7,10H,8-9,11H2,(H,22,26)(H,23,24). The lowest BCUT2D eigenvalue weighted by atomic mass is 10.0. The van der Waals surface area contributed by atoms with Crippen molar-refractivity contribution in [1.82, 2.24) is 15.1 Å². The topological polar surface area (TPSA) is 61.0 Å². The van der Waals surface area contributed by atoms with Crippen LogP contribution in [-0.2, 0) is 13.0 Å². The van der Waals surface area contributed by atoms with Crippen molar-refractivity contribution >= 4 is 23.3 Å². The number of nitrogens with one attached hydrogen (secondary N) is 2. The fourth-order valence-corrected chi connectivity index (χ4v) is 3.26. The number of aromatic amines is 1. The Morgan fingerprint density at radius 1 is 1.23 bits per heavy atom. The Bertz CT molecular complexity index is 957. The van der Waals surface area contributed by atoms with Crippen molar-refractivity contribution in [3.05, 3.63) is 70.6 Å². The van der Waals surface area contributed by atoms with Crippen LogP contribution in [0.3, 0.4) is 0 Å². The summed E-state index contributed by atoms with van der Waals surface area (Å²) in [4.78, 5) is 14.3. The molecule has 0 bridgehead atoms. The summed E-state index contributed by atoms with van der Waals surface area (Å²) < 4.78 is 13.3. The number of urea groups is 1. The van der Waals surface area contributed by atoms with Crippen LogP contribution in [0.5, 0.6) is 0 Å². The highest BCUT2D eigenvalue weighted by Gasteiger charge is 2.25. The first-order valence-corrected chi connectivity index (χ1v) is 8.62. The van der Waals surface area contributed by atoms with Gasteiger partial charge >= 0.3 is 6.03 Å². The Hall–Kier alpha value is -2.86. The molecule has 3 aromatic rings. The van der Waals surface area contributed by atoms with E-state index >= 15 is 0 Å². The van der Waals surface area contributed by atoms with E-state index in [9.17, 15) is 9.18 Å². The Morgan fingerprint density at radius 2 is 2.04 bits per heavy atom. The molecule has 132 valence electrons. The van der Waals surface area contributed by atoms with Crippen molar-refractivity contribution in [2.45, 2.75) is 13.0 Å². The Kier molecular flexibility index (Phi) is 4.34. The van der Waals surface area contributed by atoms with Crippen molar-refractivity contribution in [1.29, 1.82) is 0 Å². The molecule has 0 unspecified atom stereocenters. The van der Waals surface area contributed by atoms with Crippen LogP contribution in [0, 0.1) is 5.82 Å². The molecule has 0 aliphatic carbocycles. The Labute approximate surface area is 154 Å². The Morgan fingerprint density at radius 3 is 2.81 bits per heavy atom. The molecular formula is C19H16ClFN4O. The number of halogens is 2. The number of nitrogens with zero attached hydrogens (tertiary/aromatic N) is 2. The number of anilines is 1. The molecule has 0 saturated heterocycles. The second-order valence-electron chi connectivity index (χ2n) is 6.13. The van der Waals surface area contributed by atoms with Crippen LogP contribution in [0.15, 0.2) is 48.5 Å². The molecule has 0 spiro atoms. The summed E-state index contributed by atoms with van der Waals surface area (Å²) in [6, 6.07) is 13.7. The second-order valence-corrected chi connectivity index (χ2v) is 6.53. The number of fused-ring (bicyclic) bond motifs is 1. The van der Waals surface area contributed by atoms with Gasteiger partial charge in [0.1, 0.15) is 5.82 Å². The van der Waals surface area contributed by atoms with Crippen LogP contribution in [0.4, 0.5) is 14.9 Å². The minimum Gasteiger partial charge on any atom is -0.320 e. The third-order valence-electron chi connectivity index (χ3n) is 4.44. The zero-order valence-electron chi connectivity index (χ0n) is 13.8. The fraction of sp³-hybridized carbons (Fsp3) is 0.158. The summed E-state index contributed by atoms with van der Waals surface area (Å²) in [7, 11) is 0. The summed E-state index contributed by atoms with van der Waals surface area (Å²) in [6.07, 6.45) is 0.701. The molecule has 2 heterocycles. The van der Waals surface area contributed by atoms with Crippen LogP contribution in [-0.4, -0.2) is 27.7 Å². The van der Waals surface area contributed by atoms with Crippen LogP contribution in [0.1, 0.15) is 11.3 Å². The van der Waals surface area contributed by atoms with Crippen molar-refractivity contribution in [3.63, 3.8) is 0 Å². The third-order valence-corrected chi connectivity index (χ3v) is 4.73. The predicted molar refractivity (Wildman–Crippen MR) is 98.6 cm³/mol. The first kappa shape index (κ1) is 16.6. The van der Waals surface area contributed by atoms with Crippen LogP contribution >= 0.6 is 11.6 Å². The molecule has 26 heavy (non-hydrogen) atoms. The normalized spacial score (nSPS) is 13.4. The summed E-state index contributed by atoms with van der Waals surface area (Å²) in [5, 5.41) is 10.2. The van der Waals surface area contributed by atoms with Crippen molar-refractivity contribution in [2.24, 2.45) is 0 Å². The number of hydrogen-bond donors (Lipinski definition) is 2. The highest BCUT2D eigenvalue weighted by atomic mass is 35.5. The zero-order valence-corrected chi connectivity index (χ0v) is 14.6. The molecule has 1 aromatic heterocycles. The maximum atomic E-state index is 13.3. The quantitative estimate of drug-likeness (QED) is 0.699. The minimum atomic E-state index is -0.516. The molecule has 2 N–H and O–H groups in total. The van der Waals surface area contributed by atoms with Gasteiger partial charge in [-0.15, -0.1) is 0 Å². The van der Waals surface area contributed by atoms with Gasteiger partial charge in [-0.05, 0) is 18.2 Å². The lowest BCUT2D eigenvalue weighted by Gasteiger charge is -2.27. The van der Waals surface area contributed by atoms with Gasteiger partial charge in [0, 0.05) is 35.5 Å². The summed E-state index contributed by atoms with van der Waals surface area (Å²) in [5.74, 6) is -0.516. The van der Waals surface area contributed by atoms with Crippen LogP contribution in [0.25, 0.3) is 11.3 Å². The lowest BCUT2D eigenvalue weighted by Crippen LogP contribution is -2.38. The molecule has 0 fully saturated rings. The van der Waals surface area contributed by atoms with E-state index in [1.54, 1.807) is 4.90 Å². The molecular weight excluding hydrogens is 355 g/mol. The SMILES string of the molecule is O=C(Nc1ccc(F)c(Cl)c1)N1CCc2[nH]nc(-c3ccccc3)c2C1. The zero-order chi connectivity index (χ0) is 18.1. The summed E-state index contributed by atoms with van der Waals surface area (Å²) in [5.41, 5.74) is 4.41. The molecule has 0 radical (unpaired) electrons. The van der Waals surface area contributed by atoms with E-state index in [-0.39, 0.29) is 11.1 Å². The number of carbonyl (C=O) groups excluding carboxylic acids is 1. The molecule has 0 atom stereocenters. The summed E-state index contributed by atoms with van der Waals surface area (Å²) in [6.45, 7) is 1.03. The van der Waals surface area contributed by atoms with Gasteiger partial charge in [0.15, 0.2) is 0 Å². The molecule has 4 rings (SSSR count). The van der Waals surface area contributed by atoms with Gasteiger partial charge in [-0.25, -0.2) is 9.18 Å². The van der Waals surface area contributed by atoms with Crippen LogP contribution < -0.4 is 5.32 Å². The Balaban J connectivity index is 1.53. The molecule has 1 aliphatic rings. The van der Waals surface area contributed by atoms with Gasteiger partial charge < -0.3 is 10.2 Å². The maximum absolute atomic E-state index is 13.3. The molecule has 7 heteroatoms. The molecule has 5 nitrogen and oxygen atoms in total. The first-order chi connectivity index (χ1) is 12.6. The fourth-order valence-electron chi connectivity index (χ4n) is 3.08. The van der Waals surface area contributed by atoms with Gasteiger partial charge in [0.25, 0.3) is 0 Å². The number of carbonyl (C=O) groups is 1. The first-order valence-electron chi connectivity index (χ1n) is 8.24. The second kappa shape index (κ2) is 6.80. The van der Waals surface area contributed by atoms with E-state index in [4.69, 9.17) is 11.6 Å². The van der Waals surface area contributed by atoms with E-state index in [0.29, 0.717) is 25.2 Å². The van der Waals surface area contributed by atoms with Gasteiger partial charge in [-0.1, -0.05) is 41.9 Å². The maximum Gasteiger partial charge on any atom is 0.322 e. The van der Waals surface area contributed by atoms with Crippen molar-refractivity contribution < 1.29 is 9.18 Å². The molecule has 0 saturated carbocycles. The van der Waals surface area contributed by atoms with E-state index in [1.807, 2.05) is 30.3 Å². The predicted octanol–water partition coefficient (Wildman–Crippen LogP) is 4.46. The number of aromatic nitrogens is 2. The van der Waals surface area contributed by atoms with E-state index in [0.717, 1.165) is 22.5 Å². The number of H-pyrrole nitrogens is 1. The van der Waals surface area contributed by atoms with E-state index in [1.165, 1.54) is 18.2 Å². The monoisotopic (exact) mass is 370 g/mol. The van der Waals surface area contributed by atoms with E-state index < -0.39 is 5.82 Å². The van der Waals surface area contributed by atoms with E-state index in [2.05, 4.69) is 15.5 Å². The molecule has 1 aliphatic heterocycles. The largest absolute Gasteiger partial charge is 0.322 e. The van der Waals surface area contributed by atoms with Gasteiger partial charge in [0.05, 0.1) is 17.3 Å². The average Bonchev–Trinajstić information content (AvgIpc) is 3.08. The van der Waals surface area contributed by atoms with Crippen LogP contribution in [0.2, 0.25) is 5.02 Å². The third kappa shape index (κ3) is 3.15. The minimum absolute atomic E-state index is 0.0232. The highest BCUT2D eigenvalue weighted by molar-refractivity contribution is 6.31. The molecule has 2 amide bonds. The number of benzene rings is 2. The highest BCUT2D eigenvalue weighted by Crippen LogP contribution is 2.28. The lowest BCUT2D eigenvalue weighted by molar-refractivity contribution is 0.206. The number of hydrogen-bond acceptors (Lipinski definition) is 2. The molecule has 2 aromatic carbocycles. The average molecular weight is 371 g/mol. The van der Waals surface area contributed by atoms with Gasteiger partial charge in [-0.2, -0.15) is 5.10 Å².